The van der Waals surface area contributed by atoms with E-state index in [2.05, 4.69) is 50.6 Å². The molecule has 3 unspecified atom stereocenters. The van der Waals surface area contributed by atoms with E-state index in [0.717, 1.165) is 24.3 Å². The molecule has 1 aromatic rings. The van der Waals surface area contributed by atoms with Crippen LogP contribution in [0.5, 0.6) is 0 Å². The maximum Gasteiger partial charge on any atom is 0.0521 e. The fraction of sp³-hybridized carbons (Fsp3) is 0.812. The number of hydrogen-bond donors (Lipinski definition) is 1. The average Bonchev–Trinajstić information content (AvgIpc) is 2.86. The van der Waals surface area contributed by atoms with Gasteiger partial charge >= 0.3 is 0 Å². The van der Waals surface area contributed by atoms with Gasteiger partial charge in [-0.1, -0.05) is 13.8 Å². The van der Waals surface area contributed by atoms with Gasteiger partial charge in [0.1, 0.15) is 0 Å². The molecule has 1 saturated carbocycles. The molecule has 0 amide bonds. The van der Waals surface area contributed by atoms with Crippen molar-refractivity contribution in [1.29, 1.82) is 0 Å². The van der Waals surface area contributed by atoms with Gasteiger partial charge < -0.3 is 5.32 Å². The third-order valence-corrected chi connectivity index (χ3v) is 4.85. The van der Waals surface area contributed by atoms with Crippen LogP contribution < -0.4 is 5.32 Å². The Kier molecular flexibility index (Phi) is 5.03. The SMILES string of the molecule is CCn1cc(CC2CC(C(C)C)CCC2NC)cn1. The summed E-state index contributed by atoms with van der Waals surface area (Å²) in [5, 5.41) is 7.93. The molecule has 0 aromatic carbocycles. The van der Waals surface area contributed by atoms with Crippen molar-refractivity contribution in [2.75, 3.05) is 7.05 Å². The summed E-state index contributed by atoms with van der Waals surface area (Å²) in [6.45, 7) is 7.85. The molecule has 0 radical (unpaired) electrons. The van der Waals surface area contributed by atoms with Crippen LogP contribution in [0.2, 0.25) is 0 Å². The van der Waals surface area contributed by atoms with Gasteiger partial charge in [-0.3, -0.25) is 4.68 Å². The maximum absolute atomic E-state index is 4.40. The molecule has 3 atom stereocenters. The van der Waals surface area contributed by atoms with Crippen LogP contribution in [-0.4, -0.2) is 22.9 Å². The quantitative estimate of drug-likeness (QED) is 0.884. The summed E-state index contributed by atoms with van der Waals surface area (Å²) in [4.78, 5) is 0. The number of aryl methyl sites for hydroxylation is 1. The zero-order valence-corrected chi connectivity index (χ0v) is 12.9. The Hall–Kier alpha value is -0.830. The van der Waals surface area contributed by atoms with Crippen LogP contribution in [0.1, 0.15) is 45.6 Å². The fourth-order valence-corrected chi connectivity index (χ4v) is 3.50. The minimum absolute atomic E-state index is 0.681. The lowest BCUT2D eigenvalue weighted by atomic mass is 9.72. The molecule has 0 spiro atoms. The van der Waals surface area contributed by atoms with E-state index in [1.165, 1.54) is 31.2 Å². The first kappa shape index (κ1) is 14.6. The van der Waals surface area contributed by atoms with Gasteiger partial charge in [0, 0.05) is 18.8 Å². The van der Waals surface area contributed by atoms with Crippen LogP contribution in [-0.2, 0) is 13.0 Å². The summed E-state index contributed by atoms with van der Waals surface area (Å²) >= 11 is 0. The van der Waals surface area contributed by atoms with Crippen molar-refractivity contribution in [3.8, 4) is 0 Å². The first-order valence-electron chi connectivity index (χ1n) is 7.82. The second-order valence-corrected chi connectivity index (χ2v) is 6.38. The van der Waals surface area contributed by atoms with E-state index in [1.54, 1.807) is 0 Å². The van der Waals surface area contributed by atoms with Gasteiger partial charge in [-0.15, -0.1) is 0 Å². The van der Waals surface area contributed by atoms with Crippen molar-refractivity contribution in [3.05, 3.63) is 18.0 Å². The van der Waals surface area contributed by atoms with E-state index in [1.807, 2.05) is 4.68 Å². The Morgan fingerprint density at radius 1 is 1.42 bits per heavy atom. The van der Waals surface area contributed by atoms with Crippen LogP contribution in [0.3, 0.4) is 0 Å². The van der Waals surface area contributed by atoms with E-state index < -0.39 is 0 Å². The zero-order chi connectivity index (χ0) is 13.8. The second kappa shape index (κ2) is 6.56. The highest BCUT2D eigenvalue weighted by Crippen LogP contribution is 2.35. The number of nitrogens with one attached hydrogen (secondary N) is 1. The van der Waals surface area contributed by atoms with Gasteiger partial charge in [0.15, 0.2) is 0 Å². The zero-order valence-electron chi connectivity index (χ0n) is 12.9. The molecule has 1 fully saturated rings. The van der Waals surface area contributed by atoms with Crippen molar-refractivity contribution >= 4 is 0 Å². The van der Waals surface area contributed by atoms with Crippen LogP contribution in [0, 0.1) is 17.8 Å². The smallest absolute Gasteiger partial charge is 0.0521 e. The van der Waals surface area contributed by atoms with Gasteiger partial charge in [0.05, 0.1) is 6.20 Å². The standard InChI is InChI=1S/C16H29N3/c1-5-19-11-13(10-18-19)8-15-9-14(12(2)3)6-7-16(15)17-4/h10-12,14-17H,5-9H2,1-4H3. The fourth-order valence-electron chi connectivity index (χ4n) is 3.50. The molecule has 1 heterocycles. The average molecular weight is 263 g/mol. The van der Waals surface area contributed by atoms with Crippen molar-refractivity contribution in [2.24, 2.45) is 17.8 Å². The molecule has 0 saturated heterocycles. The van der Waals surface area contributed by atoms with E-state index in [0.29, 0.717) is 6.04 Å². The van der Waals surface area contributed by atoms with Gasteiger partial charge in [-0.05, 0) is 63.0 Å². The molecule has 1 aromatic heterocycles. The van der Waals surface area contributed by atoms with E-state index >= 15 is 0 Å². The van der Waals surface area contributed by atoms with Crippen LogP contribution in [0.25, 0.3) is 0 Å². The van der Waals surface area contributed by atoms with Crippen LogP contribution in [0.4, 0.5) is 0 Å². The lowest BCUT2D eigenvalue weighted by Gasteiger charge is -2.37. The number of aromatic nitrogens is 2. The number of rotatable bonds is 5. The molecule has 0 bridgehead atoms. The van der Waals surface area contributed by atoms with Gasteiger partial charge in [-0.2, -0.15) is 5.10 Å². The molecular formula is C16H29N3. The normalized spacial score (nSPS) is 27.9. The molecule has 108 valence electrons. The van der Waals surface area contributed by atoms with E-state index in [4.69, 9.17) is 0 Å². The minimum Gasteiger partial charge on any atom is -0.317 e. The van der Waals surface area contributed by atoms with Gasteiger partial charge in [0.2, 0.25) is 0 Å². The molecular weight excluding hydrogens is 234 g/mol. The second-order valence-electron chi connectivity index (χ2n) is 6.38. The predicted octanol–water partition coefficient (Wildman–Crippen LogP) is 3.11. The summed E-state index contributed by atoms with van der Waals surface area (Å²) in [6.07, 6.45) is 9.51. The topological polar surface area (TPSA) is 29.9 Å². The van der Waals surface area contributed by atoms with E-state index in [9.17, 15) is 0 Å². The highest BCUT2D eigenvalue weighted by atomic mass is 15.3. The Morgan fingerprint density at radius 3 is 2.79 bits per heavy atom. The van der Waals surface area contributed by atoms with Crippen molar-refractivity contribution < 1.29 is 0 Å². The Morgan fingerprint density at radius 2 is 2.21 bits per heavy atom. The van der Waals surface area contributed by atoms with Gasteiger partial charge in [-0.25, -0.2) is 0 Å². The van der Waals surface area contributed by atoms with Crippen molar-refractivity contribution in [1.82, 2.24) is 15.1 Å². The summed E-state index contributed by atoms with van der Waals surface area (Å²) in [6, 6.07) is 0.681. The molecule has 3 heteroatoms. The number of hydrogen-bond acceptors (Lipinski definition) is 2. The van der Waals surface area contributed by atoms with E-state index in [-0.39, 0.29) is 0 Å². The highest BCUT2D eigenvalue weighted by molar-refractivity contribution is 5.07. The predicted molar refractivity (Wildman–Crippen MR) is 80.1 cm³/mol. The highest BCUT2D eigenvalue weighted by Gasteiger charge is 2.31. The molecule has 0 aliphatic heterocycles. The molecule has 1 aliphatic carbocycles. The third kappa shape index (κ3) is 3.59. The van der Waals surface area contributed by atoms with Crippen molar-refractivity contribution in [2.45, 2.75) is 59.0 Å². The maximum atomic E-state index is 4.40. The first-order chi connectivity index (χ1) is 9.13. The molecule has 1 N–H and O–H groups in total. The summed E-state index contributed by atoms with van der Waals surface area (Å²) in [5.41, 5.74) is 1.40. The van der Waals surface area contributed by atoms with Crippen molar-refractivity contribution in [3.63, 3.8) is 0 Å². The van der Waals surface area contributed by atoms with Crippen LogP contribution >= 0.6 is 0 Å². The first-order valence-corrected chi connectivity index (χ1v) is 7.82. The minimum atomic E-state index is 0.681. The lowest BCUT2D eigenvalue weighted by Crippen LogP contribution is -2.40. The molecule has 19 heavy (non-hydrogen) atoms. The van der Waals surface area contributed by atoms with Crippen LogP contribution in [0.15, 0.2) is 12.4 Å². The molecule has 3 nitrogen and oxygen atoms in total. The number of nitrogens with zero attached hydrogens (tertiary/aromatic N) is 2. The summed E-state index contributed by atoms with van der Waals surface area (Å²) < 4.78 is 2.03. The third-order valence-electron chi connectivity index (χ3n) is 4.85. The monoisotopic (exact) mass is 263 g/mol. The Balaban J connectivity index is 2.01. The Bertz CT molecular complexity index is 383. The largest absolute Gasteiger partial charge is 0.317 e. The Labute approximate surface area is 117 Å². The molecule has 1 aliphatic rings. The lowest BCUT2D eigenvalue weighted by molar-refractivity contribution is 0.173. The summed E-state index contributed by atoms with van der Waals surface area (Å²) in [7, 11) is 2.11. The summed E-state index contributed by atoms with van der Waals surface area (Å²) in [5.74, 6) is 2.48. The van der Waals surface area contributed by atoms with Gasteiger partial charge in [0.25, 0.3) is 0 Å². The molecule has 2 rings (SSSR count).